The third-order valence-corrected chi connectivity index (χ3v) is 6.65. The Kier molecular flexibility index (Phi) is 4.28. The molecule has 1 aromatic heterocycles. The lowest BCUT2D eigenvalue weighted by Gasteiger charge is -2.34. The molecule has 27 heavy (non-hydrogen) atoms. The number of phenolic OH excluding ortho intramolecular Hbond substituents is 1. The molecule has 1 aliphatic carbocycles. The van der Waals surface area contributed by atoms with Crippen LogP contribution < -0.4 is 5.32 Å². The van der Waals surface area contributed by atoms with Crippen LogP contribution in [0.25, 0.3) is 10.1 Å². The summed E-state index contributed by atoms with van der Waals surface area (Å²) in [5, 5.41) is 26.0. The fraction of sp³-hybridized carbons (Fsp3) is 0.500. The van der Waals surface area contributed by atoms with Crippen molar-refractivity contribution >= 4 is 21.4 Å². The second kappa shape index (κ2) is 6.80. The quantitative estimate of drug-likeness (QED) is 0.837. The summed E-state index contributed by atoms with van der Waals surface area (Å²) in [5.74, 6) is 1.12. The van der Waals surface area contributed by atoms with Crippen LogP contribution >= 0.6 is 11.3 Å². The molecule has 1 unspecified atom stereocenters. The molecule has 1 saturated carbocycles. The second-order valence-electron chi connectivity index (χ2n) is 7.81. The molecule has 2 atom stereocenters. The van der Waals surface area contributed by atoms with E-state index < -0.39 is 0 Å². The molecular formula is C20H25N5OS. The zero-order valence-corrected chi connectivity index (χ0v) is 16.3. The summed E-state index contributed by atoms with van der Waals surface area (Å²) in [4.78, 5) is 4.63. The van der Waals surface area contributed by atoms with Crippen molar-refractivity contribution < 1.29 is 5.11 Å². The Labute approximate surface area is 163 Å². The normalized spacial score (nSPS) is 26.4. The highest BCUT2D eigenvalue weighted by Crippen LogP contribution is 2.38. The standard InChI is InChI=1S/C20H25N5OS/c1-24-12-18(21-13-3-2-9-25(11-13)14-4-5-14)22-23-20(24)16-6-7-17-15(19(16)26)8-10-27-17/h6-8,10,12-14,20-21,26H,2-5,9,11H2,1H3/t13?,20-/m0/s1. The van der Waals surface area contributed by atoms with Crippen LogP contribution in [0.1, 0.15) is 37.4 Å². The second-order valence-corrected chi connectivity index (χ2v) is 8.76. The van der Waals surface area contributed by atoms with Crippen LogP contribution in [0.2, 0.25) is 0 Å². The van der Waals surface area contributed by atoms with Crippen LogP contribution in [0.15, 0.2) is 45.8 Å². The van der Waals surface area contributed by atoms with Crippen molar-refractivity contribution in [3.8, 4) is 5.75 Å². The highest BCUT2D eigenvalue weighted by Gasteiger charge is 2.33. The molecule has 7 heteroatoms. The third kappa shape index (κ3) is 3.30. The number of thiophene rings is 1. The number of phenols is 1. The van der Waals surface area contributed by atoms with Gasteiger partial charge in [-0.25, -0.2) is 0 Å². The van der Waals surface area contributed by atoms with Gasteiger partial charge in [-0.1, -0.05) is 0 Å². The van der Waals surface area contributed by atoms with Crippen LogP contribution in [0, 0.1) is 0 Å². The molecule has 3 heterocycles. The van der Waals surface area contributed by atoms with Gasteiger partial charge in [0.25, 0.3) is 0 Å². The van der Waals surface area contributed by atoms with Crippen LogP contribution in [0.5, 0.6) is 5.75 Å². The number of nitrogens with zero attached hydrogens (tertiary/aromatic N) is 4. The summed E-state index contributed by atoms with van der Waals surface area (Å²) in [6, 6.07) is 7.21. The molecule has 0 radical (unpaired) electrons. The molecule has 2 N–H and O–H groups in total. The zero-order valence-electron chi connectivity index (χ0n) is 15.5. The maximum Gasteiger partial charge on any atom is 0.171 e. The zero-order chi connectivity index (χ0) is 18.4. The van der Waals surface area contributed by atoms with Crippen molar-refractivity contribution in [1.82, 2.24) is 15.1 Å². The minimum absolute atomic E-state index is 0.297. The lowest BCUT2D eigenvalue weighted by molar-refractivity contribution is 0.185. The van der Waals surface area contributed by atoms with Gasteiger partial charge in [-0.3, -0.25) is 4.90 Å². The van der Waals surface area contributed by atoms with Gasteiger partial charge in [-0.15, -0.1) is 16.5 Å². The third-order valence-electron chi connectivity index (χ3n) is 5.77. The molecule has 0 bridgehead atoms. The molecule has 2 aliphatic heterocycles. The SMILES string of the molecule is CN1C=C(NC2CCCN(C3CC3)C2)N=N[C@@H]1c1ccc2sccc2c1O. The average molecular weight is 384 g/mol. The number of likely N-dealkylation sites (tertiary alicyclic amines) is 1. The predicted molar refractivity (Wildman–Crippen MR) is 108 cm³/mol. The monoisotopic (exact) mass is 383 g/mol. The van der Waals surface area contributed by atoms with Crippen LogP contribution in [0.4, 0.5) is 0 Å². The van der Waals surface area contributed by atoms with Gasteiger partial charge in [0.05, 0.1) is 0 Å². The van der Waals surface area contributed by atoms with E-state index in [2.05, 4.69) is 20.4 Å². The number of fused-ring (bicyclic) bond motifs is 1. The van der Waals surface area contributed by atoms with Gasteiger partial charge >= 0.3 is 0 Å². The molecule has 1 aromatic carbocycles. The summed E-state index contributed by atoms with van der Waals surface area (Å²) in [7, 11) is 1.99. The van der Waals surface area contributed by atoms with Crippen LogP contribution in [-0.4, -0.2) is 47.1 Å². The van der Waals surface area contributed by atoms with E-state index in [9.17, 15) is 5.11 Å². The van der Waals surface area contributed by atoms with Gasteiger partial charge in [0, 0.05) is 47.5 Å². The molecule has 6 nitrogen and oxygen atoms in total. The number of aromatic hydroxyl groups is 1. The molecule has 2 aromatic rings. The number of nitrogens with one attached hydrogen (secondary N) is 1. The Bertz CT molecular complexity index is 903. The highest BCUT2D eigenvalue weighted by atomic mass is 32.1. The minimum atomic E-state index is -0.297. The van der Waals surface area contributed by atoms with Crippen molar-refractivity contribution in [3.63, 3.8) is 0 Å². The molecule has 5 rings (SSSR count). The smallest absolute Gasteiger partial charge is 0.171 e. The number of hydrogen-bond acceptors (Lipinski definition) is 7. The summed E-state index contributed by atoms with van der Waals surface area (Å²) < 4.78 is 1.09. The summed E-state index contributed by atoms with van der Waals surface area (Å²) >= 11 is 1.63. The molecule has 0 spiro atoms. The lowest BCUT2D eigenvalue weighted by atomic mass is 10.1. The number of benzene rings is 1. The molecule has 0 amide bonds. The summed E-state index contributed by atoms with van der Waals surface area (Å²) in [5.41, 5.74) is 0.792. The first-order valence-electron chi connectivity index (χ1n) is 9.73. The maximum atomic E-state index is 10.7. The van der Waals surface area contributed by atoms with Gasteiger partial charge < -0.3 is 15.3 Å². The first-order valence-corrected chi connectivity index (χ1v) is 10.6. The molecule has 2 fully saturated rings. The van der Waals surface area contributed by atoms with E-state index in [-0.39, 0.29) is 6.17 Å². The number of rotatable bonds is 4. The number of piperidine rings is 1. The van der Waals surface area contributed by atoms with Gasteiger partial charge in [0.2, 0.25) is 0 Å². The van der Waals surface area contributed by atoms with Crippen molar-refractivity contribution in [3.05, 3.63) is 41.2 Å². The van der Waals surface area contributed by atoms with Crippen LogP contribution in [-0.2, 0) is 0 Å². The fourth-order valence-corrected chi connectivity index (χ4v) is 4.98. The Morgan fingerprint density at radius 3 is 2.93 bits per heavy atom. The van der Waals surface area contributed by atoms with E-state index in [0.717, 1.165) is 34.1 Å². The number of hydrogen-bond donors (Lipinski definition) is 2. The first kappa shape index (κ1) is 17.0. The molecule has 3 aliphatic rings. The van der Waals surface area contributed by atoms with Gasteiger partial charge in [-0.2, -0.15) is 5.11 Å². The van der Waals surface area contributed by atoms with E-state index in [0.29, 0.717) is 11.8 Å². The van der Waals surface area contributed by atoms with Crippen molar-refractivity contribution in [2.24, 2.45) is 10.2 Å². The minimum Gasteiger partial charge on any atom is -0.507 e. The Morgan fingerprint density at radius 2 is 2.11 bits per heavy atom. The topological polar surface area (TPSA) is 63.5 Å². The highest BCUT2D eigenvalue weighted by molar-refractivity contribution is 7.17. The van der Waals surface area contributed by atoms with Crippen molar-refractivity contribution in [2.45, 2.75) is 43.9 Å². The summed E-state index contributed by atoms with van der Waals surface area (Å²) in [6.45, 7) is 2.33. The van der Waals surface area contributed by atoms with E-state index in [1.165, 1.54) is 32.2 Å². The predicted octanol–water partition coefficient (Wildman–Crippen LogP) is 4.02. The van der Waals surface area contributed by atoms with E-state index in [1.54, 1.807) is 11.3 Å². The van der Waals surface area contributed by atoms with E-state index >= 15 is 0 Å². The van der Waals surface area contributed by atoms with E-state index in [4.69, 9.17) is 0 Å². The lowest BCUT2D eigenvalue weighted by Crippen LogP contribution is -2.46. The molecular weight excluding hydrogens is 358 g/mol. The number of azo groups is 1. The Hall–Kier alpha value is -2.12. The molecule has 1 saturated heterocycles. The van der Waals surface area contributed by atoms with Gasteiger partial charge in [0.1, 0.15) is 5.75 Å². The van der Waals surface area contributed by atoms with Crippen molar-refractivity contribution in [1.29, 1.82) is 0 Å². The van der Waals surface area contributed by atoms with Crippen molar-refractivity contribution in [2.75, 3.05) is 20.1 Å². The fourth-order valence-electron chi connectivity index (χ4n) is 4.19. The molecule has 142 valence electrons. The van der Waals surface area contributed by atoms with E-state index in [1.807, 2.05) is 41.7 Å². The van der Waals surface area contributed by atoms with Crippen LogP contribution in [0.3, 0.4) is 0 Å². The Morgan fingerprint density at radius 1 is 1.22 bits per heavy atom. The van der Waals surface area contributed by atoms with Gasteiger partial charge in [0.15, 0.2) is 12.0 Å². The van der Waals surface area contributed by atoms with Gasteiger partial charge in [-0.05, 0) is 55.8 Å². The maximum absolute atomic E-state index is 10.7. The Balaban J connectivity index is 1.29. The average Bonchev–Trinajstić information content (AvgIpc) is 3.41. The first-order chi connectivity index (χ1) is 13.2. The largest absolute Gasteiger partial charge is 0.507 e. The summed E-state index contributed by atoms with van der Waals surface area (Å²) in [6.07, 6.45) is 6.85.